The number of non-ortho nitro benzene ring substituents is 1. The summed E-state index contributed by atoms with van der Waals surface area (Å²) in [6.45, 7) is 1.32. The van der Waals surface area contributed by atoms with Gasteiger partial charge >= 0.3 is 5.97 Å². The maximum atomic E-state index is 12.2. The Morgan fingerprint density at radius 1 is 1.31 bits per heavy atom. The van der Waals surface area contributed by atoms with Gasteiger partial charge in [0, 0.05) is 18.2 Å². The normalized spacial score (nSPS) is 11.3. The van der Waals surface area contributed by atoms with Gasteiger partial charge in [-0.15, -0.1) is 0 Å². The number of ether oxygens (including phenoxy) is 2. The van der Waals surface area contributed by atoms with E-state index in [1.54, 1.807) is 0 Å². The molecule has 1 amide bonds. The van der Waals surface area contributed by atoms with Crippen molar-refractivity contribution in [2.45, 2.75) is 13.0 Å². The van der Waals surface area contributed by atoms with Crippen molar-refractivity contribution >= 4 is 23.3 Å². The number of benzene rings is 1. The summed E-state index contributed by atoms with van der Waals surface area (Å²) in [6.07, 6.45) is 0.990. The molecule has 0 saturated carbocycles. The van der Waals surface area contributed by atoms with Crippen LogP contribution in [0.1, 0.15) is 17.3 Å². The lowest BCUT2D eigenvalue weighted by molar-refractivity contribution is -0.605. The lowest BCUT2D eigenvalue weighted by atomic mass is 10.2. The number of nitrogens with zero attached hydrogens (tertiary/aromatic N) is 2. The summed E-state index contributed by atoms with van der Waals surface area (Å²) < 4.78 is 10.5. The summed E-state index contributed by atoms with van der Waals surface area (Å²) in [6, 6.07) is 6.42. The summed E-state index contributed by atoms with van der Waals surface area (Å²) in [4.78, 5) is 34.4. The third kappa shape index (κ3) is 4.44. The van der Waals surface area contributed by atoms with Crippen LogP contribution in [0.4, 0.5) is 11.4 Å². The molecule has 0 aliphatic carbocycles. The molecule has 0 aliphatic heterocycles. The Labute approximate surface area is 147 Å². The van der Waals surface area contributed by atoms with Crippen LogP contribution in [0.25, 0.3) is 0 Å². The van der Waals surface area contributed by atoms with E-state index in [1.165, 1.54) is 44.5 Å². The van der Waals surface area contributed by atoms with E-state index >= 15 is 0 Å². The smallest absolute Gasteiger partial charge is 0.345 e. The van der Waals surface area contributed by atoms with Crippen molar-refractivity contribution in [1.82, 2.24) is 0 Å². The molecule has 1 aromatic carbocycles. The van der Waals surface area contributed by atoms with Crippen LogP contribution in [-0.4, -0.2) is 30.0 Å². The molecule has 0 bridgehead atoms. The van der Waals surface area contributed by atoms with Crippen molar-refractivity contribution in [3.63, 3.8) is 0 Å². The maximum Gasteiger partial charge on any atom is 0.345 e. The largest absolute Gasteiger partial charge is 0.619 e. The van der Waals surface area contributed by atoms with Gasteiger partial charge in [-0.25, -0.2) is 4.79 Å². The number of rotatable bonds is 6. The summed E-state index contributed by atoms with van der Waals surface area (Å²) in [7, 11) is 1.34. The van der Waals surface area contributed by atoms with Crippen LogP contribution in [0, 0.1) is 15.3 Å². The number of nitrogens with one attached hydrogen (secondary N) is 1. The third-order valence-electron chi connectivity index (χ3n) is 3.32. The number of pyridine rings is 1. The molecule has 0 unspecified atom stereocenters. The zero-order valence-electron chi connectivity index (χ0n) is 13.9. The Hall–Kier alpha value is -3.69. The Kier molecular flexibility index (Phi) is 5.68. The second kappa shape index (κ2) is 7.92. The predicted molar refractivity (Wildman–Crippen MR) is 88.6 cm³/mol. The molecule has 0 spiro atoms. The molecule has 1 N–H and O–H groups in total. The van der Waals surface area contributed by atoms with Crippen molar-refractivity contribution < 1.29 is 28.7 Å². The van der Waals surface area contributed by atoms with E-state index < -0.39 is 22.9 Å². The first-order valence-electron chi connectivity index (χ1n) is 7.35. The Morgan fingerprint density at radius 2 is 2.04 bits per heavy atom. The number of methoxy groups -OCH3 is 1. The number of carbonyl (C=O) groups is 2. The van der Waals surface area contributed by atoms with Gasteiger partial charge in [-0.2, -0.15) is 4.73 Å². The van der Waals surface area contributed by atoms with Crippen LogP contribution in [0.3, 0.4) is 0 Å². The van der Waals surface area contributed by atoms with Crippen LogP contribution in [-0.2, 0) is 9.53 Å². The van der Waals surface area contributed by atoms with Gasteiger partial charge in [-0.05, 0) is 19.1 Å². The fourth-order valence-electron chi connectivity index (χ4n) is 2.00. The molecular formula is C16H15N3O7. The van der Waals surface area contributed by atoms with Gasteiger partial charge in [0.1, 0.15) is 11.3 Å². The van der Waals surface area contributed by atoms with Crippen LogP contribution in [0.5, 0.6) is 5.75 Å². The van der Waals surface area contributed by atoms with Crippen LogP contribution in [0.2, 0.25) is 0 Å². The summed E-state index contributed by atoms with van der Waals surface area (Å²) >= 11 is 0. The van der Waals surface area contributed by atoms with Crippen LogP contribution in [0.15, 0.2) is 42.7 Å². The number of amides is 1. The minimum absolute atomic E-state index is 0.0184. The molecule has 2 rings (SSSR count). The number of esters is 1. The van der Waals surface area contributed by atoms with Gasteiger partial charge in [0.2, 0.25) is 0 Å². The number of anilines is 1. The molecule has 1 heterocycles. The minimum atomic E-state index is -1.22. The lowest BCUT2D eigenvalue weighted by Crippen LogP contribution is -2.31. The van der Waals surface area contributed by atoms with E-state index in [4.69, 9.17) is 9.47 Å². The molecule has 10 heteroatoms. The van der Waals surface area contributed by atoms with E-state index in [9.17, 15) is 24.9 Å². The van der Waals surface area contributed by atoms with Gasteiger partial charge < -0.3 is 20.0 Å². The molecule has 2 aromatic rings. The van der Waals surface area contributed by atoms with E-state index in [2.05, 4.69) is 5.32 Å². The molecule has 1 atom stereocenters. The molecule has 0 radical (unpaired) electrons. The minimum Gasteiger partial charge on any atom is -0.619 e. The van der Waals surface area contributed by atoms with Gasteiger partial charge in [-0.3, -0.25) is 14.9 Å². The quantitative estimate of drug-likeness (QED) is 0.270. The molecule has 26 heavy (non-hydrogen) atoms. The number of hydrogen-bond acceptors (Lipinski definition) is 7. The Morgan fingerprint density at radius 3 is 2.65 bits per heavy atom. The second-order valence-corrected chi connectivity index (χ2v) is 5.13. The highest BCUT2D eigenvalue weighted by atomic mass is 16.6. The summed E-state index contributed by atoms with van der Waals surface area (Å²) in [5.41, 5.74) is -0.197. The van der Waals surface area contributed by atoms with Crippen molar-refractivity contribution in [2.24, 2.45) is 0 Å². The molecule has 10 nitrogen and oxygen atoms in total. The van der Waals surface area contributed by atoms with Gasteiger partial charge in [0.25, 0.3) is 11.6 Å². The fourth-order valence-corrected chi connectivity index (χ4v) is 2.00. The van der Waals surface area contributed by atoms with Crippen molar-refractivity contribution in [2.75, 3.05) is 12.4 Å². The number of carbonyl (C=O) groups excluding carboxylic acids is 2. The highest BCUT2D eigenvalue weighted by molar-refractivity contribution is 5.98. The Balaban J connectivity index is 2.10. The highest BCUT2D eigenvalue weighted by Crippen LogP contribution is 2.29. The van der Waals surface area contributed by atoms with Crippen molar-refractivity contribution in [1.29, 1.82) is 0 Å². The predicted octanol–water partition coefficient (Wildman–Crippen LogP) is 1.42. The summed E-state index contributed by atoms with van der Waals surface area (Å²) in [5, 5.41) is 24.4. The van der Waals surface area contributed by atoms with Crippen LogP contribution < -0.4 is 14.8 Å². The van der Waals surface area contributed by atoms with Gasteiger partial charge in [0.05, 0.1) is 17.7 Å². The topological polar surface area (TPSA) is 135 Å². The molecule has 136 valence electrons. The van der Waals surface area contributed by atoms with E-state index in [1.807, 2.05) is 0 Å². The lowest BCUT2D eigenvalue weighted by Gasteiger charge is -2.15. The first-order chi connectivity index (χ1) is 12.3. The molecular weight excluding hydrogens is 346 g/mol. The third-order valence-corrected chi connectivity index (χ3v) is 3.32. The Bertz CT molecular complexity index is 853. The van der Waals surface area contributed by atoms with Gasteiger partial charge in [-0.1, -0.05) is 0 Å². The van der Waals surface area contributed by atoms with E-state index in [0.717, 1.165) is 12.3 Å². The first kappa shape index (κ1) is 18.6. The molecule has 1 aromatic heterocycles. The average molecular weight is 361 g/mol. The average Bonchev–Trinajstić information content (AvgIpc) is 2.61. The number of nitro benzene ring substituents is 1. The first-order valence-corrected chi connectivity index (χ1v) is 7.35. The maximum absolute atomic E-state index is 12.2. The van der Waals surface area contributed by atoms with Crippen molar-refractivity contribution in [3.05, 3.63) is 63.6 Å². The number of nitro groups is 1. The zero-order chi connectivity index (χ0) is 19.3. The molecule has 0 fully saturated rings. The van der Waals surface area contributed by atoms with Gasteiger partial charge in [0.15, 0.2) is 18.5 Å². The SMILES string of the molecule is COc1ccc([N+](=O)[O-])cc1NC(=O)[C@@H](C)OC(=O)c1ccc[n+]([O-])c1. The zero-order valence-corrected chi connectivity index (χ0v) is 13.9. The fraction of sp³-hybridized carbons (Fsp3) is 0.188. The monoisotopic (exact) mass is 361 g/mol. The molecule has 0 aliphatic rings. The number of aromatic nitrogens is 1. The number of hydrogen-bond donors (Lipinski definition) is 1. The van der Waals surface area contributed by atoms with E-state index in [0.29, 0.717) is 4.73 Å². The second-order valence-electron chi connectivity index (χ2n) is 5.13. The van der Waals surface area contributed by atoms with Crippen molar-refractivity contribution in [3.8, 4) is 5.75 Å². The summed E-state index contributed by atoms with van der Waals surface area (Å²) in [5.74, 6) is -1.37. The standard InChI is InChI=1S/C16H15N3O7/c1-10(26-16(21)11-4-3-7-18(22)9-11)15(20)17-13-8-12(19(23)24)5-6-14(13)25-2/h3-10H,1-2H3,(H,17,20)/t10-/m1/s1. The van der Waals surface area contributed by atoms with E-state index in [-0.39, 0.29) is 22.7 Å². The van der Waals surface area contributed by atoms with Crippen LogP contribution >= 0.6 is 0 Å². The molecule has 0 saturated heterocycles. The highest BCUT2D eigenvalue weighted by Gasteiger charge is 2.22.